The largest absolute Gasteiger partial charge is 0.469 e. The zero-order valence-corrected chi connectivity index (χ0v) is 10.9. The molecule has 96 valence electrons. The van der Waals surface area contributed by atoms with E-state index in [0.717, 1.165) is 25.3 Å². The van der Waals surface area contributed by atoms with Gasteiger partial charge in [-0.15, -0.1) is 0 Å². The van der Waals surface area contributed by atoms with E-state index in [1.54, 1.807) is 6.26 Å². The van der Waals surface area contributed by atoms with Crippen molar-refractivity contribution < 1.29 is 4.42 Å². The van der Waals surface area contributed by atoms with Crippen LogP contribution in [0.15, 0.2) is 16.7 Å². The maximum absolute atomic E-state index is 5.40. The van der Waals surface area contributed by atoms with Gasteiger partial charge in [-0.1, -0.05) is 6.92 Å². The molecule has 17 heavy (non-hydrogen) atoms. The Morgan fingerprint density at radius 1 is 1.35 bits per heavy atom. The lowest BCUT2D eigenvalue weighted by molar-refractivity contribution is 0.331. The molecule has 0 unspecified atom stereocenters. The summed E-state index contributed by atoms with van der Waals surface area (Å²) >= 11 is 0. The molecule has 0 aromatic carbocycles. The molecule has 1 aromatic rings. The summed E-state index contributed by atoms with van der Waals surface area (Å²) in [5, 5.41) is 3.50. The second-order valence-corrected chi connectivity index (χ2v) is 4.80. The molecule has 0 atom stereocenters. The molecular weight excluding hydrogens is 212 g/mol. The van der Waals surface area contributed by atoms with Gasteiger partial charge in [-0.05, 0) is 51.5 Å². The average molecular weight is 236 g/mol. The van der Waals surface area contributed by atoms with Crippen molar-refractivity contribution in [3.8, 4) is 0 Å². The Labute approximate surface area is 104 Å². The Hall–Kier alpha value is -0.800. The fourth-order valence-corrected chi connectivity index (χ4v) is 2.49. The zero-order chi connectivity index (χ0) is 11.9. The topological polar surface area (TPSA) is 28.4 Å². The first-order chi connectivity index (χ1) is 8.40. The van der Waals surface area contributed by atoms with Crippen molar-refractivity contribution in [1.29, 1.82) is 0 Å². The van der Waals surface area contributed by atoms with Crippen molar-refractivity contribution in [2.24, 2.45) is 0 Å². The van der Waals surface area contributed by atoms with Crippen LogP contribution in [0, 0.1) is 0 Å². The molecule has 0 saturated carbocycles. The average Bonchev–Trinajstić information content (AvgIpc) is 2.98. The Bertz CT molecular complexity index is 316. The molecule has 1 fully saturated rings. The first-order valence-corrected chi connectivity index (χ1v) is 6.88. The first-order valence-electron chi connectivity index (χ1n) is 6.88. The molecule has 0 bridgehead atoms. The molecule has 1 aliphatic heterocycles. The lowest BCUT2D eigenvalue weighted by Crippen LogP contribution is -2.24. The van der Waals surface area contributed by atoms with Gasteiger partial charge in [0.15, 0.2) is 0 Å². The zero-order valence-electron chi connectivity index (χ0n) is 10.9. The summed E-state index contributed by atoms with van der Waals surface area (Å²) in [6, 6.07) is 2.08. The second kappa shape index (κ2) is 6.82. The van der Waals surface area contributed by atoms with Gasteiger partial charge in [0, 0.05) is 18.5 Å². The van der Waals surface area contributed by atoms with E-state index in [2.05, 4.69) is 23.2 Å². The normalized spacial score (nSPS) is 16.8. The number of nitrogens with zero attached hydrogens (tertiary/aromatic N) is 1. The van der Waals surface area contributed by atoms with Gasteiger partial charge in [0.2, 0.25) is 0 Å². The Morgan fingerprint density at radius 2 is 2.18 bits per heavy atom. The minimum absolute atomic E-state index is 0.944. The highest BCUT2D eigenvalue weighted by Gasteiger charge is 2.10. The molecule has 1 saturated heterocycles. The van der Waals surface area contributed by atoms with Crippen LogP contribution in [-0.2, 0) is 13.0 Å². The number of rotatable bonds is 7. The molecule has 1 N–H and O–H groups in total. The van der Waals surface area contributed by atoms with Gasteiger partial charge in [0.25, 0.3) is 0 Å². The van der Waals surface area contributed by atoms with Gasteiger partial charge in [-0.3, -0.25) is 0 Å². The molecule has 2 heterocycles. The molecule has 0 amide bonds. The minimum atomic E-state index is 0.944. The standard InChI is InChI=1S/C14H24N2O/c1-2-14-13(6-11-17-14)12-15-7-5-10-16-8-3-4-9-16/h6,11,15H,2-5,7-10,12H2,1H3. The van der Waals surface area contributed by atoms with Gasteiger partial charge in [0.05, 0.1) is 6.26 Å². The van der Waals surface area contributed by atoms with Crippen molar-refractivity contribution in [3.63, 3.8) is 0 Å². The van der Waals surface area contributed by atoms with E-state index in [4.69, 9.17) is 4.42 Å². The fraction of sp³-hybridized carbons (Fsp3) is 0.714. The van der Waals surface area contributed by atoms with Crippen molar-refractivity contribution in [2.45, 2.75) is 39.2 Å². The van der Waals surface area contributed by atoms with Crippen LogP contribution in [0.5, 0.6) is 0 Å². The number of aryl methyl sites for hydroxylation is 1. The fourth-order valence-electron chi connectivity index (χ4n) is 2.49. The van der Waals surface area contributed by atoms with Crippen LogP contribution in [-0.4, -0.2) is 31.1 Å². The SMILES string of the molecule is CCc1occc1CNCCCN1CCCC1. The van der Waals surface area contributed by atoms with Crippen LogP contribution < -0.4 is 5.32 Å². The predicted molar refractivity (Wildman–Crippen MR) is 70.1 cm³/mol. The van der Waals surface area contributed by atoms with Gasteiger partial charge in [-0.2, -0.15) is 0 Å². The van der Waals surface area contributed by atoms with E-state index in [-0.39, 0.29) is 0 Å². The van der Waals surface area contributed by atoms with E-state index in [1.165, 1.54) is 44.5 Å². The lowest BCUT2D eigenvalue weighted by atomic mass is 10.2. The van der Waals surface area contributed by atoms with Crippen molar-refractivity contribution in [1.82, 2.24) is 10.2 Å². The summed E-state index contributed by atoms with van der Waals surface area (Å²) in [5.41, 5.74) is 1.31. The maximum atomic E-state index is 5.40. The quantitative estimate of drug-likeness (QED) is 0.737. The van der Waals surface area contributed by atoms with Crippen LogP contribution >= 0.6 is 0 Å². The van der Waals surface area contributed by atoms with Crippen molar-refractivity contribution in [3.05, 3.63) is 23.7 Å². The summed E-state index contributed by atoms with van der Waals surface area (Å²) in [7, 11) is 0. The van der Waals surface area contributed by atoms with Gasteiger partial charge < -0.3 is 14.6 Å². The van der Waals surface area contributed by atoms with Crippen LogP contribution in [0.1, 0.15) is 37.5 Å². The third-order valence-electron chi connectivity index (χ3n) is 3.50. The summed E-state index contributed by atoms with van der Waals surface area (Å²) in [5.74, 6) is 1.12. The summed E-state index contributed by atoms with van der Waals surface area (Å²) in [4.78, 5) is 2.57. The van der Waals surface area contributed by atoms with Gasteiger partial charge in [-0.25, -0.2) is 0 Å². The monoisotopic (exact) mass is 236 g/mol. The number of furan rings is 1. The lowest BCUT2D eigenvalue weighted by Gasteiger charge is -2.14. The van der Waals surface area contributed by atoms with E-state index < -0.39 is 0 Å². The third-order valence-corrected chi connectivity index (χ3v) is 3.50. The van der Waals surface area contributed by atoms with Gasteiger partial charge >= 0.3 is 0 Å². The van der Waals surface area contributed by atoms with Crippen LogP contribution in [0.25, 0.3) is 0 Å². The summed E-state index contributed by atoms with van der Waals surface area (Å²) in [6.45, 7) is 8.04. The number of hydrogen-bond acceptors (Lipinski definition) is 3. The Morgan fingerprint density at radius 3 is 2.94 bits per heavy atom. The smallest absolute Gasteiger partial charge is 0.107 e. The molecular formula is C14H24N2O. The van der Waals surface area contributed by atoms with Crippen molar-refractivity contribution in [2.75, 3.05) is 26.2 Å². The highest BCUT2D eigenvalue weighted by atomic mass is 16.3. The molecule has 2 rings (SSSR count). The molecule has 3 heteroatoms. The van der Waals surface area contributed by atoms with E-state index >= 15 is 0 Å². The predicted octanol–water partition coefficient (Wildman–Crippen LogP) is 2.42. The van der Waals surface area contributed by atoms with E-state index in [9.17, 15) is 0 Å². The second-order valence-electron chi connectivity index (χ2n) is 4.80. The number of likely N-dealkylation sites (tertiary alicyclic amines) is 1. The summed E-state index contributed by atoms with van der Waals surface area (Å²) < 4.78 is 5.40. The highest BCUT2D eigenvalue weighted by Crippen LogP contribution is 2.10. The molecule has 3 nitrogen and oxygen atoms in total. The van der Waals surface area contributed by atoms with Crippen LogP contribution in [0.3, 0.4) is 0 Å². The first kappa shape index (κ1) is 12.7. The third kappa shape index (κ3) is 3.86. The summed E-state index contributed by atoms with van der Waals surface area (Å²) in [6.07, 6.45) is 6.81. The number of hydrogen-bond donors (Lipinski definition) is 1. The van der Waals surface area contributed by atoms with Crippen molar-refractivity contribution >= 4 is 0 Å². The molecule has 0 radical (unpaired) electrons. The molecule has 1 aromatic heterocycles. The molecule has 0 aliphatic carbocycles. The molecule has 0 spiro atoms. The Kier molecular flexibility index (Phi) is 5.08. The van der Waals surface area contributed by atoms with Crippen LogP contribution in [0.4, 0.5) is 0 Å². The minimum Gasteiger partial charge on any atom is -0.469 e. The number of nitrogens with one attached hydrogen (secondary N) is 1. The van der Waals surface area contributed by atoms with Crippen LogP contribution in [0.2, 0.25) is 0 Å². The Balaban J connectivity index is 1.56. The van der Waals surface area contributed by atoms with E-state index in [1.807, 2.05) is 0 Å². The van der Waals surface area contributed by atoms with Gasteiger partial charge in [0.1, 0.15) is 5.76 Å². The maximum Gasteiger partial charge on any atom is 0.107 e. The highest BCUT2D eigenvalue weighted by molar-refractivity contribution is 5.16. The van der Waals surface area contributed by atoms with E-state index in [0.29, 0.717) is 0 Å². The molecule has 1 aliphatic rings.